The quantitative estimate of drug-likeness (QED) is 0.502. The lowest BCUT2D eigenvalue weighted by molar-refractivity contribution is -0.121. The number of carbonyl (C=O) groups is 2. The number of amides is 1. The van der Waals surface area contributed by atoms with Crippen molar-refractivity contribution in [3.63, 3.8) is 0 Å². The molecule has 4 rings (SSSR count). The first-order chi connectivity index (χ1) is 16.5. The molecule has 9 nitrogen and oxygen atoms in total. The van der Waals surface area contributed by atoms with Crippen LogP contribution in [0.15, 0.2) is 47.0 Å². The fourth-order valence-electron chi connectivity index (χ4n) is 4.08. The summed E-state index contributed by atoms with van der Waals surface area (Å²) in [5, 5.41) is 7.05. The van der Waals surface area contributed by atoms with E-state index in [0.717, 1.165) is 24.9 Å². The first kappa shape index (κ1) is 23.4. The molecule has 1 atom stereocenters. The Hall–Kier alpha value is -3.72. The maximum Gasteiger partial charge on any atom is 0.241 e. The maximum absolute atomic E-state index is 12.9. The van der Waals surface area contributed by atoms with Crippen LogP contribution in [-0.4, -0.2) is 54.0 Å². The van der Waals surface area contributed by atoms with Crippen LogP contribution in [0, 0.1) is 5.92 Å². The Morgan fingerprint density at radius 3 is 2.74 bits per heavy atom. The number of likely N-dealkylation sites (tertiary alicyclic amines) is 1. The van der Waals surface area contributed by atoms with Crippen molar-refractivity contribution >= 4 is 17.4 Å². The summed E-state index contributed by atoms with van der Waals surface area (Å²) >= 11 is 0. The van der Waals surface area contributed by atoms with Gasteiger partial charge in [0, 0.05) is 23.4 Å². The number of piperidine rings is 1. The molecule has 178 valence electrons. The van der Waals surface area contributed by atoms with Crippen molar-refractivity contribution in [1.29, 1.82) is 0 Å². The highest BCUT2D eigenvalue weighted by atomic mass is 16.5. The van der Waals surface area contributed by atoms with E-state index in [1.807, 2.05) is 6.07 Å². The largest absolute Gasteiger partial charge is 0.493 e. The lowest BCUT2D eigenvalue weighted by atomic mass is 9.97. The zero-order valence-electron chi connectivity index (χ0n) is 19.5. The molecule has 0 aliphatic carbocycles. The van der Waals surface area contributed by atoms with E-state index in [1.54, 1.807) is 50.6 Å². The van der Waals surface area contributed by atoms with Gasteiger partial charge in [-0.2, -0.15) is 4.98 Å². The van der Waals surface area contributed by atoms with Crippen molar-refractivity contribution in [3.8, 4) is 22.9 Å². The Kier molecular flexibility index (Phi) is 7.22. The molecule has 3 aromatic rings. The standard InChI is InChI=1S/C25H28N4O5/c1-16(30)17-6-4-8-20(12-17)26-25(31)19-7-5-11-29(14-19)15-23-27-24(28-34-23)18-9-10-21(32-2)22(13-18)33-3/h4,6,8-10,12-13,19H,5,7,11,14-15H2,1-3H3,(H,26,31)/t19-/m1/s1. The van der Waals surface area contributed by atoms with Gasteiger partial charge in [-0.1, -0.05) is 17.3 Å². The number of nitrogens with zero attached hydrogens (tertiary/aromatic N) is 3. The fourth-order valence-corrected chi connectivity index (χ4v) is 4.08. The molecular formula is C25H28N4O5. The van der Waals surface area contributed by atoms with Gasteiger partial charge in [0.1, 0.15) is 0 Å². The predicted octanol–water partition coefficient (Wildman–Crippen LogP) is 3.81. The number of benzene rings is 2. The highest BCUT2D eigenvalue weighted by Crippen LogP contribution is 2.31. The molecule has 1 aliphatic rings. The Morgan fingerprint density at radius 1 is 1.15 bits per heavy atom. The number of rotatable bonds is 8. The molecular weight excluding hydrogens is 436 g/mol. The van der Waals surface area contributed by atoms with Crippen LogP contribution in [0.3, 0.4) is 0 Å². The molecule has 9 heteroatoms. The van der Waals surface area contributed by atoms with E-state index < -0.39 is 0 Å². The van der Waals surface area contributed by atoms with Crippen molar-refractivity contribution in [1.82, 2.24) is 15.0 Å². The number of carbonyl (C=O) groups excluding carboxylic acids is 2. The molecule has 2 heterocycles. The smallest absolute Gasteiger partial charge is 0.241 e. The van der Waals surface area contributed by atoms with Gasteiger partial charge in [-0.05, 0) is 56.6 Å². The van der Waals surface area contributed by atoms with Crippen molar-refractivity contribution in [2.45, 2.75) is 26.3 Å². The number of Topliss-reactive ketones (excluding diaryl/α,β-unsaturated/α-hetero) is 1. The molecule has 1 aliphatic heterocycles. The van der Waals surface area contributed by atoms with Gasteiger partial charge in [0.05, 0.1) is 26.7 Å². The van der Waals surface area contributed by atoms with Crippen LogP contribution in [0.2, 0.25) is 0 Å². The summed E-state index contributed by atoms with van der Waals surface area (Å²) in [6.45, 7) is 3.40. The second-order valence-electron chi connectivity index (χ2n) is 8.28. The molecule has 1 fully saturated rings. The van der Waals surface area contributed by atoms with Crippen LogP contribution >= 0.6 is 0 Å². The Labute approximate surface area is 198 Å². The molecule has 34 heavy (non-hydrogen) atoms. The summed E-state index contributed by atoms with van der Waals surface area (Å²) in [7, 11) is 3.16. The van der Waals surface area contributed by atoms with Gasteiger partial charge < -0.3 is 19.3 Å². The fraction of sp³-hybridized carbons (Fsp3) is 0.360. The summed E-state index contributed by atoms with van der Waals surface area (Å²) in [5.41, 5.74) is 1.97. The molecule has 1 aromatic heterocycles. The van der Waals surface area contributed by atoms with Crippen LogP contribution in [0.4, 0.5) is 5.69 Å². The molecule has 0 spiro atoms. The van der Waals surface area contributed by atoms with Crippen molar-refractivity contribution in [2.75, 3.05) is 32.6 Å². The Balaban J connectivity index is 1.38. The summed E-state index contributed by atoms with van der Waals surface area (Å²) in [6.07, 6.45) is 1.69. The molecule has 0 saturated carbocycles. The third-order valence-corrected chi connectivity index (χ3v) is 5.88. The summed E-state index contributed by atoms with van der Waals surface area (Å²) in [6, 6.07) is 12.4. The number of hydrogen-bond acceptors (Lipinski definition) is 8. The van der Waals surface area contributed by atoms with Crippen molar-refractivity contribution in [2.24, 2.45) is 5.92 Å². The van der Waals surface area contributed by atoms with Gasteiger partial charge in [0.25, 0.3) is 0 Å². The van der Waals surface area contributed by atoms with Crippen LogP contribution < -0.4 is 14.8 Å². The van der Waals surface area contributed by atoms with E-state index in [-0.39, 0.29) is 17.6 Å². The van der Waals surface area contributed by atoms with E-state index in [2.05, 4.69) is 20.4 Å². The molecule has 0 bridgehead atoms. The Morgan fingerprint density at radius 2 is 1.97 bits per heavy atom. The van der Waals surface area contributed by atoms with Gasteiger partial charge in [-0.25, -0.2) is 0 Å². The van der Waals surface area contributed by atoms with Crippen LogP contribution in [-0.2, 0) is 11.3 Å². The summed E-state index contributed by atoms with van der Waals surface area (Å²) in [5.74, 6) is 1.91. The minimum Gasteiger partial charge on any atom is -0.493 e. The molecule has 0 unspecified atom stereocenters. The molecule has 2 aromatic carbocycles. The van der Waals surface area contributed by atoms with Crippen molar-refractivity contribution in [3.05, 3.63) is 53.9 Å². The Bertz CT molecular complexity index is 1180. The van der Waals surface area contributed by atoms with Gasteiger partial charge >= 0.3 is 0 Å². The van der Waals surface area contributed by atoms with Crippen LogP contribution in [0.5, 0.6) is 11.5 Å². The average molecular weight is 465 g/mol. The second kappa shape index (κ2) is 10.5. The van der Waals surface area contributed by atoms with Gasteiger partial charge in [-0.15, -0.1) is 0 Å². The highest BCUT2D eigenvalue weighted by Gasteiger charge is 2.27. The summed E-state index contributed by atoms with van der Waals surface area (Å²) in [4.78, 5) is 31.1. The number of hydrogen-bond donors (Lipinski definition) is 1. The molecule has 0 radical (unpaired) electrons. The van der Waals surface area contributed by atoms with Crippen molar-refractivity contribution < 1.29 is 23.6 Å². The molecule has 1 N–H and O–H groups in total. The first-order valence-electron chi connectivity index (χ1n) is 11.2. The number of nitrogens with one attached hydrogen (secondary N) is 1. The molecule has 1 amide bonds. The minimum absolute atomic E-state index is 0.0352. The van der Waals surface area contributed by atoms with Gasteiger partial charge in [-0.3, -0.25) is 14.5 Å². The second-order valence-corrected chi connectivity index (χ2v) is 8.28. The topological polar surface area (TPSA) is 107 Å². The van der Waals surface area contributed by atoms with E-state index in [1.165, 1.54) is 6.92 Å². The minimum atomic E-state index is -0.164. The number of methoxy groups -OCH3 is 2. The zero-order chi connectivity index (χ0) is 24.1. The average Bonchev–Trinajstić information content (AvgIpc) is 3.32. The third-order valence-electron chi connectivity index (χ3n) is 5.88. The summed E-state index contributed by atoms with van der Waals surface area (Å²) < 4.78 is 16.1. The lowest BCUT2D eigenvalue weighted by Crippen LogP contribution is -2.40. The number of anilines is 1. The number of ketones is 1. The number of ether oxygens (including phenoxy) is 2. The highest BCUT2D eigenvalue weighted by molar-refractivity contribution is 5.97. The zero-order valence-corrected chi connectivity index (χ0v) is 19.5. The SMILES string of the molecule is COc1ccc(-c2noc(CN3CCC[C@@H](C(=O)Nc4cccc(C(C)=O)c4)C3)n2)cc1OC. The third kappa shape index (κ3) is 5.43. The van der Waals surface area contributed by atoms with E-state index >= 15 is 0 Å². The predicted molar refractivity (Wildman–Crippen MR) is 126 cm³/mol. The van der Waals surface area contributed by atoms with Crippen LogP contribution in [0.1, 0.15) is 36.0 Å². The molecule has 1 saturated heterocycles. The van der Waals surface area contributed by atoms with E-state index in [9.17, 15) is 9.59 Å². The maximum atomic E-state index is 12.9. The normalized spacial score (nSPS) is 16.1. The van der Waals surface area contributed by atoms with E-state index in [0.29, 0.717) is 47.6 Å². The number of aromatic nitrogens is 2. The monoisotopic (exact) mass is 464 g/mol. The lowest BCUT2D eigenvalue weighted by Gasteiger charge is -2.30. The first-order valence-corrected chi connectivity index (χ1v) is 11.2. The van der Waals surface area contributed by atoms with E-state index in [4.69, 9.17) is 14.0 Å². The van der Waals surface area contributed by atoms with Gasteiger partial charge in [0.2, 0.25) is 17.6 Å². The van der Waals surface area contributed by atoms with Crippen LogP contribution in [0.25, 0.3) is 11.4 Å². The van der Waals surface area contributed by atoms with Gasteiger partial charge in [0.15, 0.2) is 17.3 Å².